The molecule has 0 saturated carbocycles. The normalized spacial score (nSPS) is 23.6. The average molecular weight is 279 g/mol. The Hall–Kier alpha value is -1.26. The highest BCUT2D eigenvalue weighted by molar-refractivity contribution is 5.42. The summed E-state index contributed by atoms with van der Waals surface area (Å²) in [6.07, 6.45) is 1.48. The maximum absolute atomic E-state index is 5.60. The fourth-order valence-corrected chi connectivity index (χ4v) is 2.66. The Morgan fingerprint density at radius 2 is 2.15 bits per heavy atom. The molecule has 0 bridgehead atoms. The monoisotopic (exact) mass is 279 g/mol. The van der Waals surface area contributed by atoms with Crippen LogP contribution in [0.2, 0.25) is 0 Å². The van der Waals surface area contributed by atoms with Gasteiger partial charge in [0.25, 0.3) is 0 Å². The molecule has 0 aromatic heterocycles. The second kappa shape index (κ2) is 6.95. The maximum Gasteiger partial charge on any atom is 0.123 e. The van der Waals surface area contributed by atoms with Crippen LogP contribution in [0.25, 0.3) is 0 Å². The smallest absolute Gasteiger partial charge is 0.123 e. The minimum Gasteiger partial charge on any atom is -0.497 e. The van der Waals surface area contributed by atoms with E-state index < -0.39 is 0 Å². The van der Waals surface area contributed by atoms with E-state index in [0.717, 1.165) is 36.6 Å². The first-order valence-corrected chi connectivity index (χ1v) is 7.22. The molecular formula is C16H25NO3. The van der Waals surface area contributed by atoms with Crippen molar-refractivity contribution in [3.63, 3.8) is 0 Å². The first kappa shape index (κ1) is 15.1. The van der Waals surface area contributed by atoms with Crippen LogP contribution in [0, 0.1) is 5.92 Å². The van der Waals surface area contributed by atoms with Crippen molar-refractivity contribution in [2.75, 3.05) is 27.4 Å². The molecule has 0 spiro atoms. The predicted molar refractivity (Wildman–Crippen MR) is 79.5 cm³/mol. The van der Waals surface area contributed by atoms with Crippen molar-refractivity contribution in [2.24, 2.45) is 5.92 Å². The van der Waals surface area contributed by atoms with Gasteiger partial charge in [0.2, 0.25) is 0 Å². The van der Waals surface area contributed by atoms with E-state index in [4.69, 9.17) is 14.2 Å². The third-order valence-corrected chi connectivity index (χ3v) is 4.12. The molecule has 0 amide bonds. The second-order valence-corrected chi connectivity index (χ2v) is 5.36. The van der Waals surface area contributed by atoms with Gasteiger partial charge in [-0.15, -0.1) is 0 Å². The molecule has 1 aliphatic rings. The quantitative estimate of drug-likeness (QED) is 0.869. The number of nitrogens with one attached hydrogen (secondary N) is 1. The van der Waals surface area contributed by atoms with Gasteiger partial charge in [0.15, 0.2) is 0 Å². The molecule has 2 rings (SSSR count). The van der Waals surface area contributed by atoms with Crippen molar-refractivity contribution < 1.29 is 14.2 Å². The van der Waals surface area contributed by atoms with Gasteiger partial charge in [-0.3, -0.25) is 0 Å². The zero-order valence-corrected chi connectivity index (χ0v) is 12.8. The minimum atomic E-state index is 0.216. The van der Waals surface area contributed by atoms with Crippen molar-refractivity contribution in [2.45, 2.75) is 32.4 Å². The van der Waals surface area contributed by atoms with Gasteiger partial charge in [-0.05, 0) is 44.4 Å². The molecule has 1 aromatic carbocycles. The van der Waals surface area contributed by atoms with Gasteiger partial charge in [-0.2, -0.15) is 0 Å². The molecule has 1 aliphatic heterocycles. The summed E-state index contributed by atoms with van der Waals surface area (Å²) in [6, 6.07) is 6.12. The van der Waals surface area contributed by atoms with Gasteiger partial charge in [0.1, 0.15) is 11.5 Å². The van der Waals surface area contributed by atoms with Gasteiger partial charge in [-0.1, -0.05) is 0 Å². The summed E-state index contributed by atoms with van der Waals surface area (Å²) in [5.74, 6) is 2.34. The standard InChI is InChI=1S/C16H25NO3/c1-11(17-10-13-7-8-20-12(13)2)15-9-14(18-3)5-6-16(15)19-4/h5-6,9,11-13,17H,7-8,10H2,1-4H3. The van der Waals surface area contributed by atoms with Gasteiger partial charge in [0, 0.05) is 24.8 Å². The van der Waals surface area contributed by atoms with E-state index in [9.17, 15) is 0 Å². The van der Waals surface area contributed by atoms with Gasteiger partial charge < -0.3 is 19.5 Å². The first-order chi connectivity index (χ1) is 9.65. The molecule has 0 aliphatic carbocycles. The van der Waals surface area contributed by atoms with E-state index in [1.54, 1.807) is 14.2 Å². The Morgan fingerprint density at radius 1 is 1.35 bits per heavy atom. The lowest BCUT2D eigenvalue weighted by Gasteiger charge is -2.21. The Morgan fingerprint density at radius 3 is 2.75 bits per heavy atom. The highest BCUT2D eigenvalue weighted by Gasteiger charge is 2.24. The number of hydrogen-bond acceptors (Lipinski definition) is 4. The van der Waals surface area contributed by atoms with Crippen LogP contribution >= 0.6 is 0 Å². The summed E-state index contributed by atoms with van der Waals surface area (Å²) in [5.41, 5.74) is 1.12. The van der Waals surface area contributed by atoms with Crippen LogP contribution in [-0.2, 0) is 4.74 Å². The molecule has 112 valence electrons. The van der Waals surface area contributed by atoms with Gasteiger partial charge >= 0.3 is 0 Å². The summed E-state index contributed by atoms with van der Waals surface area (Å²) < 4.78 is 16.3. The predicted octanol–water partition coefficient (Wildman–Crippen LogP) is 2.78. The molecule has 0 radical (unpaired) electrons. The van der Waals surface area contributed by atoms with E-state index >= 15 is 0 Å². The summed E-state index contributed by atoms with van der Waals surface area (Å²) in [5, 5.41) is 3.58. The Bertz CT molecular complexity index is 436. The van der Waals surface area contributed by atoms with Crippen molar-refractivity contribution in [1.29, 1.82) is 0 Å². The third kappa shape index (κ3) is 3.44. The van der Waals surface area contributed by atoms with Crippen molar-refractivity contribution in [1.82, 2.24) is 5.32 Å². The number of ether oxygens (including phenoxy) is 3. The van der Waals surface area contributed by atoms with Gasteiger partial charge in [0.05, 0.1) is 20.3 Å². The first-order valence-electron chi connectivity index (χ1n) is 7.22. The van der Waals surface area contributed by atoms with Gasteiger partial charge in [-0.25, -0.2) is 0 Å². The number of benzene rings is 1. The van der Waals surface area contributed by atoms with E-state index in [2.05, 4.69) is 19.2 Å². The molecule has 4 nitrogen and oxygen atoms in total. The zero-order chi connectivity index (χ0) is 14.5. The lowest BCUT2D eigenvalue weighted by Crippen LogP contribution is -2.29. The van der Waals surface area contributed by atoms with Crippen molar-refractivity contribution in [3.8, 4) is 11.5 Å². The molecule has 1 heterocycles. The molecule has 3 unspecified atom stereocenters. The second-order valence-electron chi connectivity index (χ2n) is 5.36. The average Bonchev–Trinajstić information content (AvgIpc) is 2.89. The van der Waals surface area contributed by atoms with Crippen LogP contribution in [0.5, 0.6) is 11.5 Å². The van der Waals surface area contributed by atoms with Crippen molar-refractivity contribution in [3.05, 3.63) is 23.8 Å². The molecule has 1 saturated heterocycles. The zero-order valence-electron chi connectivity index (χ0n) is 12.8. The lowest BCUT2D eigenvalue weighted by atomic mass is 10.0. The van der Waals surface area contributed by atoms with E-state index in [1.807, 2.05) is 18.2 Å². The third-order valence-electron chi connectivity index (χ3n) is 4.12. The highest BCUT2D eigenvalue weighted by Crippen LogP contribution is 2.29. The number of methoxy groups -OCH3 is 2. The number of hydrogen-bond donors (Lipinski definition) is 1. The van der Waals surface area contributed by atoms with Crippen LogP contribution in [0.1, 0.15) is 31.9 Å². The molecule has 1 N–H and O–H groups in total. The maximum atomic E-state index is 5.60. The van der Waals surface area contributed by atoms with Crippen LogP contribution in [-0.4, -0.2) is 33.5 Å². The SMILES string of the molecule is COc1ccc(OC)c(C(C)NCC2CCOC2C)c1. The summed E-state index contributed by atoms with van der Waals surface area (Å²) in [7, 11) is 3.38. The molecule has 1 fully saturated rings. The lowest BCUT2D eigenvalue weighted by molar-refractivity contribution is 0.105. The van der Waals surface area contributed by atoms with E-state index in [0.29, 0.717) is 12.0 Å². The van der Waals surface area contributed by atoms with Crippen LogP contribution in [0.4, 0.5) is 0 Å². The van der Waals surface area contributed by atoms with Crippen LogP contribution in [0.15, 0.2) is 18.2 Å². The number of rotatable bonds is 6. The Labute approximate surface area is 121 Å². The minimum absolute atomic E-state index is 0.216. The Balaban J connectivity index is 2.02. The van der Waals surface area contributed by atoms with Crippen LogP contribution < -0.4 is 14.8 Å². The molecule has 3 atom stereocenters. The largest absolute Gasteiger partial charge is 0.497 e. The fourth-order valence-electron chi connectivity index (χ4n) is 2.66. The van der Waals surface area contributed by atoms with E-state index in [-0.39, 0.29) is 6.04 Å². The Kier molecular flexibility index (Phi) is 5.26. The summed E-state index contributed by atoms with van der Waals surface area (Å²) in [6.45, 7) is 6.14. The highest BCUT2D eigenvalue weighted by atomic mass is 16.5. The molecular weight excluding hydrogens is 254 g/mol. The molecule has 1 aromatic rings. The fraction of sp³-hybridized carbons (Fsp3) is 0.625. The molecule has 20 heavy (non-hydrogen) atoms. The van der Waals surface area contributed by atoms with Crippen molar-refractivity contribution >= 4 is 0 Å². The van der Waals surface area contributed by atoms with Crippen LogP contribution in [0.3, 0.4) is 0 Å². The molecule has 4 heteroatoms. The summed E-state index contributed by atoms with van der Waals surface area (Å²) >= 11 is 0. The topological polar surface area (TPSA) is 39.7 Å². The summed E-state index contributed by atoms with van der Waals surface area (Å²) in [4.78, 5) is 0. The van der Waals surface area contributed by atoms with E-state index in [1.165, 1.54) is 0 Å².